The molecule has 2 heterocycles. The molecule has 2 aromatic carbocycles. The van der Waals surface area contributed by atoms with E-state index in [9.17, 15) is 25.1 Å². The number of carbonyl (C=O) groups is 1. The third-order valence-corrected chi connectivity index (χ3v) is 5.49. The number of likely N-dealkylation sites (tertiary alicyclic amines) is 1. The zero-order chi connectivity index (χ0) is 24.1. The van der Waals surface area contributed by atoms with Gasteiger partial charge < -0.3 is 29.7 Å². The lowest BCUT2D eigenvalue weighted by Crippen LogP contribution is -2.37. The van der Waals surface area contributed by atoms with Crippen molar-refractivity contribution in [1.82, 2.24) is 15.4 Å². The topological polar surface area (TPSA) is 151 Å². The van der Waals surface area contributed by atoms with Gasteiger partial charge in [-0.1, -0.05) is 11.6 Å². The van der Waals surface area contributed by atoms with E-state index in [2.05, 4.69) is 15.4 Å². The number of piperidine rings is 1. The maximum Gasteiger partial charge on any atom is 0.273 e. The van der Waals surface area contributed by atoms with Gasteiger partial charge in [0.25, 0.3) is 11.6 Å². The molecule has 0 bridgehead atoms. The average molecular weight is 468 g/mol. The first-order valence-electron chi connectivity index (χ1n) is 10.9. The highest BCUT2D eigenvalue weighted by Crippen LogP contribution is 2.43. The summed E-state index contributed by atoms with van der Waals surface area (Å²) in [5, 5.41) is 37.8. The van der Waals surface area contributed by atoms with E-state index in [1.807, 2.05) is 0 Å². The van der Waals surface area contributed by atoms with Gasteiger partial charge in [0.1, 0.15) is 28.6 Å². The molecule has 3 aromatic rings. The van der Waals surface area contributed by atoms with Gasteiger partial charge in [-0.2, -0.15) is 0 Å². The summed E-state index contributed by atoms with van der Waals surface area (Å²) in [7, 11) is 0. The molecular formula is C23H24N4O7. The average Bonchev–Trinajstić information content (AvgIpc) is 3.29. The predicted molar refractivity (Wildman–Crippen MR) is 121 cm³/mol. The lowest BCUT2D eigenvalue weighted by molar-refractivity contribution is -0.384. The standard InChI is InChI=1S/C23H24N4O7/c28-16-12-19(29)22(20(13-16)33-17-6-4-15(5-7-17)27(31)32)21-14-18(25-34-21)23(30)24-8-11-26-9-2-1-3-10-26/h4-7,12-14,28-29H,1-3,8-11H2,(H,24,30). The molecule has 3 N–H and O–H groups in total. The number of nitrogens with one attached hydrogen (secondary N) is 1. The number of aromatic nitrogens is 1. The second-order valence-corrected chi connectivity index (χ2v) is 7.93. The van der Waals surface area contributed by atoms with Crippen LogP contribution in [0, 0.1) is 10.1 Å². The van der Waals surface area contributed by atoms with Gasteiger partial charge in [-0.15, -0.1) is 0 Å². The van der Waals surface area contributed by atoms with Crippen LogP contribution in [-0.4, -0.2) is 57.3 Å². The quantitative estimate of drug-likeness (QED) is 0.332. The maximum atomic E-state index is 12.5. The van der Waals surface area contributed by atoms with Crippen molar-refractivity contribution in [2.45, 2.75) is 19.3 Å². The Bertz CT molecular complexity index is 1170. The van der Waals surface area contributed by atoms with Crippen molar-refractivity contribution in [2.24, 2.45) is 0 Å². The Hall–Kier alpha value is -4.12. The summed E-state index contributed by atoms with van der Waals surface area (Å²) in [5.74, 6) is -0.746. The fraction of sp³-hybridized carbons (Fsp3) is 0.304. The molecule has 1 aromatic heterocycles. The Balaban J connectivity index is 1.49. The van der Waals surface area contributed by atoms with Crippen LogP contribution in [0.5, 0.6) is 23.0 Å². The van der Waals surface area contributed by atoms with Crippen LogP contribution in [0.4, 0.5) is 5.69 Å². The van der Waals surface area contributed by atoms with E-state index in [0.717, 1.165) is 25.7 Å². The molecule has 1 amide bonds. The van der Waals surface area contributed by atoms with Crippen LogP contribution in [-0.2, 0) is 0 Å². The van der Waals surface area contributed by atoms with Crippen molar-refractivity contribution in [3.8, 4) is 34.3 Å². The highest BCUT2D eigenvalue weighted by atomic mass is 16.6. The summed E-state index contributed by atoms with van der Waals surface area (Å²) >= 11 is 0. The zero-order valence-electron chi connectivity index (χ0n) is 18.3. The number of ether oxygens (including phenoxy) is 1. The minimum absolute atomic E-state index is 0.0135. The van der Waals surface area contributed by atoms with Gasteiger partial charge in [-0.05, 0) is 38.1 Å². The molecule has 1 aliphatic rings. The summed E-state index contributed by atoms with van der Waals surface area (Å²) in [4.78, 5) is 25.1. The predicted octanol–water partition coefficient (Wildman–Crippen LogP) is 3.67. The Labute approximate surface area is 194 Å². The highest BCUT2D eigenvalue weighted by molar-refractivity contribution is 5.93. The normalized spacial score (nSPS) is 14.0. The zero-order valence-corrected chi connectivity index (χ0v) is 18.3. The monoisotopic (exact) mass is 468 g/mol. The molecular weight excluding hydrogens is 444 g/mol. The van der Waals surface area contributed by atoms with Crippen molar-refractivity contribution < 1.29 is 29.2 Å². The number of phenols is 2. The molecule has 0 atom stereocenters. The second-order valence-electron chi connectivity index (χ2n) is 7.93. The number of hydrogen-bond acceptors (Lipinski definition) is 9. The van der Waals surface area contributed by atoms with Crippen molar-refractivity contribution >= 4 is 11.6 Å². The van der Waals surface area contributed by atoms with Gasteiger partial charge in [0.2, 0.25) is 0 Å². The first kappa shape index (κ1) is 23.1. The number of nitro groups is 1. The largest absolute Gasteiger partial charge is 0.508 e. The van der Waals surface area contributed by atoms with Crippen molar-refractivity contribution in [1.29, 1.82) is 0 Å². The number of nitro benzene ring substituents is 1. The third-order valence-electron chi connectivity index (χ3n) is 5.49. The smallest absolute Gasteiger partial charge is 0.273 e. The van der Waals surface area contributed by atoms with Crippen LogP contribution in [0.1, 0.15) is 29.8 Å². The minimum Gasteiger partial charge on any atom is -0.508 e. The highest BCUT2D eigenvalue weighted by Gasteiger charge is 2.22. The van der Waals surface area contributed by atoms with Gasteiger partial charge >= 0.3 is 0 Å². The second kappa shape index (κ2) is 10.2. The van der Waals surface area contributed by atoms with E-state index in [-0.39, 0.29) is 45.7 Å². The fourth-order valence-electron chi connectivity index (χ4n) is 3.78. The van der Waals surface area contributed by atoms with Gasteiger partial charge in [0.15, 0.2) is 11.5 Å². The number of carbonyl (C=O) groups excluding carboxylic acids is 1. The molecule has 1 fully saturated rings. The number of benzene rings is 2. The van der Waals surface area contributed by atoms with Crippen molar-refractivity contribution in [3.63, 3.8) is 0 Å². The van der Waals surface area contributed by atoms with Crippen LogP contribution in [0.15, 0.2) is 47.0 Å². The number of nitrogens with zero attached hydrogens (tertiary/aromatic N) is 3. The van der Waals surface area contributed by atoms with Crippen LogP contribution >= 0.6 is 0 Å². The first-order chi connectivity index (χ1) is 16.4. The molecule has 11 heteroatoms. The molecule has 11 nitrogen and oxygen atoms in total. The van der Waals surface area contributed by atoms with E-state index in [4.69, 9.17) is 9.26 Å². The van der Waals surface area contributed by atoms with Crippen LogP contribution in [0.25, 0.3) is 11.3 Å². The number of amides is 1. The lowest BCUT2D eigenvalue weighted by atomic mass is 10.1. The van der Waals surface area contributed by atoms with Gasteiger partial charge in [0.05, 0.1) is 4.92 Å². The van der Waals surface area contributed by atoms with E-state index in [1.165, 1.54) is 55.7 Å². The first-order valence-corrected chi connectivity index (χ1v) is 10.9. The molecule has 178 valence electrons. The number of non-ortho nitro benzene ring substituents is 1. The van der Waals surface area contributed by atoms with Crippen LogP contribution in [0.2, 0.25) is 0 Å². The lowest BCUT2D eigenvalue weighted by Gasteiger charge is -2.26. The molecule has 1 saturated heterocycles. The third kappa shape index (κ3) is 5.44. The number of rotatable bonds is 8. The molecule has 1 aliphatic heterocycles. The molecule has 0 aliphatic carbocycles. The Kier molecular flexibility index (Phi) is 6.93. The summed E-state index contributed by atoms with van der Waals surface area (Å²) in [6, 6.07) is 8.99. The van der Waals surface area contributed by atoms with Gasteiger partial charge in [0, 0.05) is 43.4 Å². The Morgan fingerprint density at radius 1 is 1.15 bits per heavy atom. The molecule has 34 heavy (non-hydrogen) atoms. The van der Waals surface area contributed by atoms with E-state index in [1.54, 1.807) is 0 Å². The van der Waals surface area contributed by atoms with Crippen LogP contribution in [0.3, 0.4) is 0 Å². The fourth-order valence-corrected chi connectivity index (χ4v) is 3.78. The van der Waals surface area contributed by atoms with E-state index < -0.39 is 10.8 Å². The SMILES string of the molecule is O=C(NCCN1CCCCC1)c1cc(-c2c(O)cc(O)cc2Oc2ccc([N+](=O)[O-])cc2)on1. The minimum atomic E-state index is -0.539. The summed E-state index contributed by atoms with van der Waals surface area (Å²) in [5.41, 5.74) is -0.0177. The summed E-state index contributed by atoms with van der Waals surface area (Å²) in [6.45, 7) is 3.28. The van der Waals surface area contributed by atoms with E-state index in [0.29, 0.717) is 6.54 Å². The molecule has 0 radical (unpaired) electrons. The molecule has 4 rings (SSSR count). The van der Waals surface area contributed by atoms with Gasteiger partial charge in [-0.25, -0.2) is 0 Å². The summed E-state index contributed by atoms with van der Waals surface area (Å²) < 4.78 is 11.0. The van der Waals surface area contributed by atoms with Gasteiger partial charge in [-0.3, -0.25) is 14.9 Å². The summed E-state index contributed by atoms with van der Waals surface area (Å²) in [6.07, 6.45) is 3.58. The van der Waals surface area contributed by atoms with E-state index >= 15 is 0 Å². The molecule has 0 spiro atoms. The van der Waals surface area contributed by atoms with Crippen LogP contribution < -0.4 is 10.1 Å². The number of hydrogen-bond donors (Lipinski definition) is 3. The Morgan fingerprint density at radius 3 is 2.59 bits per heavy atom. The number of phenolic OH excluding ortho intramolecular Hbond substituents is 2. The Morgan fingerprint density at radius 2 is 1.88 bits per heavy atom. The molecule has 0 saturated carbocycles. The number of aromatic hydroxyl groups is 2. The molecule has 0 unspecified atom stereocenters. The van der Waals surface area contributed by atoms with Crippen molar-refractivity contribution in [3.05, 3.63) is 58.3 Å². The maximum absolute atomic E-state index is 12.5. The van der Waals surface area contributed by atoms with Crippen molar-refractivity contribution in [2.75, 3.05) is 26.2 Å².